The fraction of sp³-hybridized carbons (Fsp3) is 0.818. The molecule has 42 heavy (non-hydrogen) atoms. The second kappa shape index (κ2) is 11.0. The lowest BCUT2D eigenvalue weighted by atomic mass is 9.51. The Kier molecular flexibility index (Phi) is 8.27. The Bertz CT molecular complexity index is 1120. The molecule has 0 amide bonds. The van der Waals surface area contributed by atoms with E-state index in [1.807, 2.05) is 27.7 Å². The molecule has 5 aliphatic rings. The molecule has 236 valence electrons. The Morgan fingerprint density at radius 1 is 1.21 bits per heavy atom. The van der Waals surface area contributed by atoms with Crippen molar-refractivity contribution in [1.82, 2.24) is 0 Å². The Hall–Kier alpha value is -1.78. The van der Waals surface area contributed by atoms with Crippen LogP contribution in [-0.4, -0.2) is 76.8 Å². The second-order valence-corrected chi connectivity index (χ2v) is 14.5. The van der Waals surface area contributed by atoms with Crippen LogP contribution in [0.5, 0.6) is 0 Å². The fourth-order valence-electron chi connectivity index (χ4n) is 9.48. The first kappa shape index (κ1) is 31.6. The molecule has 5 rings (SSSR count). The summed E-state index contributed by atoms with van der Waals surface area (Å²) >= 11 is 0. The first-order valence-corrected chi connectivity index (χ1v) is 15.6. The number of carbonyl (C=O) groups is 2. The Morgan fingerprint density at radius 3 is 2.43 bits per heavy atom. The van der Waals surface area contributed by atoms with Crippen molar-refractivity contribution in [3.05, 3.63) is 23.8 Å². The van der Waals surface area contributed by atoms with Crippen LogP contribution in [0.25, 0.3) is 0 Å². The van der Waals surface area contributed by atoms with Crippen LogP contribution in [0.4, 0.5) is 0 Å². The van der Waals surface area contributed by atoms with Crippen LogP contribution in [0.2, 0.25) is 0 Å². The molecule has 3 aliphatic carbocycles. The number of rotatable bonds is 8. The van der Waals surface area contributed by atoms with Crippen LogP contribution < -0.4 is 0 Å². The van der Waals surface area contributed by atoms with Crippen molar-refractivity contribution in [3.63, 3.8) is 0 Å². The molecular formula is C33H50O9. The summed E-state index contributed by atoms with van der Waals surface area (Å²) in [7, 11) is 0. The van der Waals surface area contributed by atoms with Crippen molar-refractivity contribution in [2.45, 2.75) is 129 Å². The van der Waals surface area contributed by atoms with Crippen LogP contribution in [0.1, 0.15) is 81.1 Å². The topological polar surface area (TPSA) is 121 Å². The fourth-order valence-corrected chi connectivity index (χ4v) is 9.48. The molecule has 9 nitrogen and oxygen atoms in total. The molecule has 3 unspecified atom stereocenters. The molecule has 4 fully saturated rings. The first-order valence-electron chi connectivity index (χ1n) is 15.6. The van der Waals surface area contributed by atoms with Gasteiger partial charge in [0.2, 0.25) is 0 Å². The average Bonchev–Trinajstić information content (AvgIpc) is 3.10. The average molecular weight is 591 g/mol. The SMILES string of the molecule is C=CC1OC2C[C@H]3OC[C@@]3(OC(C)=O)[C@@H]3C2[C@H](CC2=C(C)[C@@H](OC(=O)[C@H](O)[C@@H](C)CC(C)C)C[C@@]2(C(C)(C)O)[C@H]3C)O1. The third-order valence-electron chi connectivity index (χ3n) is 11.2. The van der Waals surface area contributed by atoms with Crippen molar-refractivity contribution >= 4 is 11.9 Å². The highest BCUT2D eigenvalue weighted by molar-refractivity contribution is 5.75. The number of ether oxygens (including phenoxy) is 5. The molecule has 9 heteroatoms. The zero-order valence-corrected chi connectivity index (χ0v) is 26.4. The maximum Gasteiger partial charge on any atom is 0.335 e. The molecule has 0 aromatic heterocycles. The van der Waals surface area contributed by atoms with E-state index in [9.17, 15) is 19.8 Å². The lowest BCUT2D eigenvalue weighted by Crippen LogP contribution is -2.75. The molecule has 2 N–H and O–H groups in total. The lowest BCUT2D eigenvalue weighted by molar-refractivity contribution is -0.359. The highest BCUT2D eigenvalue weighted by Crippen LogP contribution is 2.67. The van der Waals surface area contributed by atoms with Gasteiger partial charge in [-0.1, -0.05) is 39.8 Å². The Morgan fingerprint density at radius 2 is 1.88 bits per heavy atom. The Labute approximate surface area is 249 Å². The molecule has 12 atom stereocenters. The number of aliphatic hydroxyl groups is 2. The number of carbonyl (C=O) groups excluding carboxylic acids is 2. The molecule has 2 saturated heterocycles. The maximum atomic E-state index is 13.3. The van der Waals surface area contributed by atoms with Gasteiger partial charge in [0.25, 0.3) is 0 Å². The lowest BCUT2D eigenvalue weighted by Gasteiger charge is -2.64. The first-order chi connectivity index (χ1) is 19.6. The van der Waals surface area contributed by atoms with E-state index in [1.54, 1.807) is 6.08 Å². The van der Waals surface area contributed by atoms with Gasteiger partial charge in [-0.2, -0.15) is 0 Å². The third kappa shape index (κ3) is 4.78. The van der Waals surface area contributed by atoms with Gasteiger partial charge in [0, 0.05) is 37.0 Å². The van der Waals surface area contributed by atoms with E-state index in [0.717, 1.165) is 11.1 Å². The largest absolute Gasteiger partial charge is 0.456 e. The smallest absolute Gasteiger partial charge is 0.335 e. The molecule has 0 bridgehead atoms. The summed E-state index contributed by atoms with van der Waals surface area (Å²) in [4.78, 5) is 25.8. The second-order valence-electron chi connectivity index (χ2n) is 14.5. The van der Waals surface area contributed by atoms with Crippen molar-refractivity contribution in [1.29, 1.82) is 0 Å². The van der Waals surface area contributed by atoms with Gasteiger partial charge in [-0.15, -0.1) is 0 Å². The van der Waals surface area contributed by atoms with E-state index >= 15 is 0 Å². The number of hydrogen-bond acceptors (Lipinski definition) is 9. The zero-order chi connectivity index (χ0) is 30.9. The van der Waals surface area contributed by atoms with Crippen molar-refractivity contribution < 1.29 is 43.5 Å². The van der Waals surface area contributed by atoms with Gasteiger partial charge in [0.15, 0.2) is 18.0 Å². The van der Waals surface area contributed by atoms with E-state index < -0.39 is 41.1 Å². The summed E-state index contributed by atoms with van der Waals surface area (Å²) in [6, 6.07) is 0. The number of aliphatic hydroxyl groups excluding tert-OH is 1. The monoisotopic (exact) mass is 590 g/mol. The third-order valence-corrected chi connectivity index (χ3v) is 11.2. The molecular weight excluding hydrogens is 540 g/mol. The highest BCUT2D eigenvalue weighted by atomic mass is 16.7. The van der Waals surface area contributed by atoms with Gasteiger partial charge >= 0.3 is 11.9 Å². The summed E-state index contributed by atoms with van der Waals surface area (Å²) in [5.74, 6) is -1.52. The van der Waals surface area contributed by atoms with Gasteiger partial charge in [0.05, 0.1) is 24.4 Å². The van der Waals surface area contributed by atoms with E-state index in [2.05, 4.69) is 27.4 Å². The summed E-state index contributed by atoms with van der Waals surface area (Å²) in [6.07, 6.45) is 0.499. The molecule has 0 aromatic rings. The van der Waals surface area contributed by atoms with Crippen LogP contribution >= 0.6 is 0 Å². The minimum absolute atomic E-state index is 0.111. The molecule has 0 spiro atoms. The molecule has 2 aliphatic heterocycles. The van der Waals surface area contributed by atoms with Crippen LogP contribution in [0, 0.1) is 35.0 Å². The van der Waals surface area contributed by atoms with Crippen LogP contribution in [-0.2, 0) is 33.3 Å². The number of hydrogen-bond donors (Lipinski definition) is 2. The van der Waals surface area contributed by atoms with E-state index in [4.69, 9.17) is 23.7 Å². The van der Waals surface area contributed by atoms with Crippen molar-refractivity contribution in [2.75, 3.05) is 6.61 Å². The van der Waals surface area contributed by atoms with E-state index in [-0.39, 0.29) is 54.6 Å². The summed E-state index contributed by atoms with van der Waals surface area (Å²) in [5.41, 5.74) is -1.06. The molecule has 2 saturated carbocycles. The molecule has 0 aromatic carbocycles. The predicted octanol–water partition coefficient (Wildman–Crippen LogP) is 4.09. The standard InChI is InChI=1S/C33H50O9/c1-10-26-39-22-12-21-18(5)24(41-30(36)29(35)17(4)11-16(2)3)14-32(21,31(8,9)37)19(6)28-27(22)23(40-26)13-25-33(28,15-38-25)42-20(7)34/h10,16-17,19,22-29,35,37H,1,11-15H2,2-9H3/t17-,19-,22-,23?,24-,25+,26?,27?,28-,29+,32+,33-/m0/s1. The zero-order valence-electron chi connectivity index (χ0n) is 26.4. The summed E-state index contributed by atoms with van der Waals surface area (Å²) in [6.45, 7) is 19.3. The van der Waals surface area contributed by atoms with Crippen molar-refractivity contribution in [3.8, 4) is 0 Å². The summed E-state index contributed by atoms with van der Waals surface area (Å²) < 4.78 is 31.2. The van der Waals surface area contributed by atoms with E-state index in [0.29, 0.717) is 31.6 Å². The van der Waals surface area contributed by atoms with Crippen molar-refractivity contribution in [2.24, 2.45) is 35.0 Å². The number of fused-ring (bicyclic) bond motifs is 3. The minimum Gasteiger partial charge on any atom is -0.456 e. The van der Waals surface area contributed by atoms with Gasteiger partial charge in [-0.25, -0.2) is 4.79 Å². The van der Waals surface area contributed by atoms with Gasteiger partial charge in [-0.3, -0.25) is 4.79 Å². The van der Waals surface area contributed by atoms with Crippen LogP contribution in [0.3, 0.4) is 0 Å². The maximum absolute atomic E-state index is 13.3. The molecule has 0 radical (unpaired) electrons. The van der Waals surface area contributed by atoms with E-state index in [1.165, 1.54) is 6.92 Å². The molecule has 2 heterocycles. The summed E-state index contributed by atoms with van der Waals surface area (Å²) in [5, 5.41) is 22.9. The minimum atomic E-state index is -1.23. The number of esters is 2. The quantitative estimate of drug-likeness (QED) is 0.318. The van der Waals surface area contributed by atoms with Gasteiger partial charge < -0.3 is 33.9 Å². The highest BCUT2D eigenvalue weighted by Gasteiger charge is 2.73. The van der Waals surface area contributed by atoms with Gasteiger partial charge in [0.1, 0.15) is 12.2 Å². The normalized spacial score (nSPS) is 42.4. The van der Waals surface area contributed by atoms with Gasteiger partial charge in [-0.05, 0) is 63.0 Å². The predicted molar refractivity (Wildman–Crippen MR) is 154 cm³/mol. The van der Waals surface area contributed by atoms with Crippen LogP contribution in [0.15, 0.2) is 23.8 Å². The Balaban J connectivity index is 1.59.